The van der Waals surface area contributed by atoms with Gasteiger partial charge in [0.15, 0.2) is 5.11 Å². The van der Waals surface area contributed by atoms with Gasteiger partial charge in [0.1, 0.15) is 0 Å². The van der Waals surface area contributed by atoms with E-state index in [1.165, 1.54) is 12.8 Å². The maximum Gasteiger partial charge on any atom is 0.269 e. The molecule has 6 nitrogen and oxygen atoms in total. The number of hydrogen-bond acceptors (Lipinski definition) is 3. The monoisotopic (exact) mass is 402 g/mol. The number of benzene rings is 1. The third-order valence-electron chi connectivity index (χ3n) is 6.07. The molecule has 0 spiro atoms. The normalized spacial score (nSPS) is 24.7. The molecule has 2 amide bonds. The molecule has 1 aliphatic carbocycles. The summed E-state index contributed by atoms with van der Waals surface area (Å²) in [4.78, 5) is 25.9. The molecule has 0 aromatic heterocycles. The number of carbonyl (C=O) groups excluding carboxylic acids is 2. The van der Waals surface area contributed by atoms with E-state index in [1.807, 2.05) is 17.0 Å². The number of thiocarbonyl (C=S) groups is 1. The van der Waals surface area contributed by atoms with Gasteiger partial charge in [-0.25, -0.2) is 0 Å². The van der Waals surface area contributed by atoms with Crippen molar-refractivity contribution >= 4 is 29.1 Å². The van der Waals surface area contributed by atoms with Crippen LogP contribution in [0.1, 0.15) is 61.9 Å². The van der Waals surface area contributed by atoms with Gasteiger partial charge in [0.05, 0.1) is 0 Å². The summed E-state index contributed by atoms with van der Waals surface area (Å²) < 4.78 is 0. The number of hydrogen-bond donors (Lipinski definition) is 3. The molecule has 3 N–H and O–H groups in total. The second-order valence-corrected chi connectivity index (χ2v) is 8.45. The minimum Gasteiger partial charge on any atom is -0.358 e. The summed E-state index contributed by atoms with van der Waals surface area (Å²) in [5, 5.41) is 3.78. The SMILES string of the molecule is C[C@@H]1[C@H](C)CCC[C@@H]1NC(=S)NNC(=O)c1ccc(CN2CCCC2=O)cc1. The predicted octanol–water partition coefficient (Wildman–Crippen LogP) is 2.74. The highest BCUT2D eigenvalue weighted by atomic mass is 32.1. The summed E-state index contributed by atoms with van der Waals surface area (Å²) in [6, 6.07) is 7.67. The van der Waals surface area contributed by atoms with Gasteiger partial charge in [-0.05, 0) is 54.6 Å². The van der Waals surface area contributed by atoms with Crippen LogP contribution in [0.3, 0.4) is 0 Å². The largest absolute Gasteiger partial charge is 0.358 e. The van der Waals surface area contributed by atoms with Crippen LogP contribution >= 0.6 is 12.2 Å². The molecular formula is C21H30N4O2S. The van der Waals surface area contributed by atoms with Gasteiger partial charge >= 0.3 is 0 Å². The Labute approximate surface area is 172 Å². The minimum absolute atomic E-state index is 0.203. The maximum atomic E-state index is 12.3. The summed E-state index contributed by atoms with van der Waals surface area (Å²) in [6.45, 7) is 5.94. The van der Waals surface area contributed by atoms with Gasteiger partial charge in [0.25, 0.3) is 5.91 Å². The molecule has 1 aromatic carbocycles. The summed E-state index contributed by atoms with van der Waals surface area (Å²) in [7, 11) is 0. The first-order chi connectivity index (χ1) is 13.4. The van der Waals surface area contributed by atoms with E-state index in [4.69, 9.17) is 12.2 Å². The van der Waals surface area contributed by atoms with Gasteiger partial charge in [-0.2, -0.15) is 0 Å². The molecule has 1 aromatic rings. The molecule has 0 radical (unpaired) electrons. The Kier molecular flexibility index (Phi) is 6.88. The molecular weight excluding hydrogens is 372 g/mol. The third-order valence-corrected chi connectivity index (χ3v) is 6.29. The summed E-state index contributed by atoms with van der Waals surface area (Å²) in [6.07, 6.45) is 5.13. The lowest BCUT2D eigenvalue weighted by Crippen LogP contribution is -2.52. The molecule has 1 saturated carbocycles. The van der Waals surface area contributed by atoms with Gasteiger partial charge < -0.3 is 10.2 Å². The Hall–Kier alpha value is -2.15. The topological polar surface area (TPSA) is 73.5 Å². The second kappa shape index (κ2) is 9.37. The fourth-order valence-electron chi connectivity index (χ4n) is 4.03. The molecule has 3 atom stereocenters. The predicted molar refractivity (Wildman–Crippen MR) is 113 cm³/mol. The zero-order valence-electron chi connectivity index (χ0n) is 16.7. The number of nitrogens with one attached hydrogen (secondary N) is 3. The second-order valence-electron chi connectivity index (χ2n) is 8.04. The van der Waals surface area contributed by atoms with Crippen LogP contribution in [0.5, 0.6) is 0 Å². The van der Waals surface area contributed by atoms with Gasteiger partial charge in [-0.3, -0.25) is 20.4 Å². The number of likely N-dealkylation sites (tertiary alicyclic amines) is 1. The molecule has 0 unspecified atom stereocenters. The summed E-state index contributed by atoms with van der Waals surface area (Å²) in [5.41, 5.74) is 7.04. The van der Waals surface area contributed by atoms with Crippen molar-refractivity contribution in [3.63, 3.8) is 0 Å². The first-order valence-corrected chi connectivity index (χ1v) is 10.6. The fourth-order valence-corrected chi connectivity index (χ4v) is 4.23. The van der Waals surface area contributed by atoms with E-state index in [9.17, 15) is 9.59 Å². The van der Waals surface area contributed by atoms with E-state index in [0.717, 1.165) is 24.9 Å². The Morgan fingerprint density at radius 2 is 1.89 bits per heavy atom. The molecule has 1 heterocycles. The molecule has 1 saturated heterocycles. The van der Waals surface area contributed by atoms with Crippen LogP contribution in [0.15, 0.2) is 24.3 Å². The van der Waals surface area contributed by atoms with E-state index >= 15 is 0 Å². The van der Waals surface area contributed by atoms with Gasteiger partial charge in [0, 0.05) is 31.1 Å². The number of rotatable bonds is 4. The smallest absolute Gasteiger partial charge is 0.269 e. The molecule has 28 heavy (non-hydrogen) atoms. The van der Waals surface area contributed by atoms with E-state index in [0.29, 0.717) is 41.5 Å². The lowest BCUT2D eigenvalue weighted by molar-refractivity contribution is -0.128. The Balaban J connectivity index is 1.45. The molecule has 1 aliphatic heterocycles. The highest BCUT2D eigenvalue weighted by Crippen LogP contribution is 2.29. The first-order valence-electron chi connectivity index (χ1n) is 10.2. The summed E-state index contributed by atoms with van der Waals surface area (Å²) in [5.74, 6) is 1.20. The van der Waals surface area contributed by atoms with E-state index < -0.39 is 0 Å². The van der Waals surface area contributed by atoms with Crippen molar-refractivity contribution in [3.05, 3.63) is 35.4 Å². The van der Waals surface area contributed by atoms with Crippen molar-refractivity contribution in [3.8, 4) is 0 Å². The van der Waals surface area contributed by atoms with Crippen LogP contribution in [-0.2, 0) is 11.3 Å². The molecule has 152 valence electrons. The standard InChI is InChI=1S/C21H30N4O2S/c1-14-5-3-6-18(15(14)2)22-21(28)24-23-20(27)17-10-8-16(9-11-17)13-25-12-4-7-19(25)26/h8-11,14-15,18H,3-7,12-13H2,1-2H3,(H,23,27)(H2,22,24,28)/t14-,15-,18+/m1/s1. The van der Waals surface area contributed by atoms with Crippen LogP contribution in [0.4, 0.5) is 0 Å². The van der Waals surface area contributed by atoms with Crippen molar-refractivity contribution in [2.24, 2.45) is 11.8 Å². The molecule has 2 fully saturated rings. The van der Waals surface area contributed by atoms with Crippen molar-refractivity contribution in [1.82, 2.24) is 21.1 Å². The molecule has 2 aliphatic rings. The van der Waals surface area contributed by atoms with Gasteiger partial charge in [-0.15, -0.1) is 0 Å². The zero-order chi connectivity index (χ0) is 20.1. The minimum atomic E-state index is -0.238. The van der Waals surface area contributed by atoms with Crippen molar-refractivity contribution in [1.29, 1.82) is 0 Å². The Morgan fingerprint density at radius 3 is 2.57 bits per heavy atom. The van der Waals surface area contributed by atoms with Crippen LogP contribution in [0, 0.1) is 11.8 Å². The number of amides is 2. The van der Waals surface area contributed by atoms with Crippen molar-refractivity contribution in [2.75, 3.05) is 6.54 Å². The number of carbonyl (C=O) groups is 2. The highest BCUT2D eigenvalue weighted by molar-refractivity contribution is 7.80. The lowest BCUT2D eigenvalue weighted by Gasteiger charge is -2.35. The number of hydrazine groups is 1. The van der Waals surface area contributed by atoms with Crippen LogP contribution in [0.2, 0.25) is 0 Å². The fraction of sp³-hybridized carbons (Fsp3) is 0.571. The first kappa shape index (κ1) is 20.6. The maximum absolute atomic E-state index is 12.3. The van der Waals surface area contributed by atoms with Crippen LogP contribution in [0.25, 0.3) is 0 Å². The highest BCUT2D eigenvalue weighted by Gasteiger charge is 2.27. The van der Waals surface area contributed by atoms with E-state index in [1.54, 1.807) is 12.1 Å². The average Bonchev–Trinajstić information content (AvgIpc) is 3.09. The van der Waals surface area contributed by atoms with Crippen molar-refractivity contribution in [2.45, 2.75) is 58.5 Å². The summed E-state index contributed by atoms with van der Waals surface area (Å²) >= 11 is 5.33. The van der Waals surface area contributed by atoms with Crippen LogP contribution in [-0.4, -0.2) is 34.4 Å². The molecule has 0 bridgehead atoms. The molecule has 7 heteroatoms. The Morgan fingerprint density at radius 1 is 1.14 bits per heavy atom. The van der Waals surface area contributed by atoms with Crippen molar-refractivity contribution < 1.29 is 9.59 Å². The number of nitrogens with zero attached hydrogens (tertiary/aromatic N) is 1. The quantitative estimate of drug-likeness (QED) is 0.533. The third kappa shape index (κ3) is 5.22. The van der Waals surface area contributed by atoms with E-state index in [2.05, 4.69) is 30.0 Å². The molecule has 3 rings (SSSR count). The Bertz CT molecular complexity index is 722. The van der Waals surface area contributed by atoms with E-state index in [-0.39, 0.29) is 11.8 Å². The van der Waals surface area contributed by atoms with Gasteiger partial charge in [0.2, 0.25) is 5.91 Å². The van der Waals surface area contributed by atoms with Crippen LogP contribution < -0.4 is 16.2 Å². The lowest BCUT2D eigenvalue weighted by atomic mass is 9.78. The average molecular weight is 403 g/mol. The zero-order valence-corrected chi connectivity index (χ0v) is 17.5. The van der Waals surface area contributed by atoms with Gasteiger partial charge in [-0.1, -0.05) is 38.8 Å².